The van der Waals surface area contributed by atoms with E-state index in [1.807, 2.05) is 4.90 Å². The van der Waals surface area contributed by atoms with Crippen molar-refractivity contribution in [3.8, 4) is 0 Å². The fourth-order valence-electron chi connectivity index (χ4n) is 3.97. The first kappa shape index (κ1) is 20.5. The van der Waals surface area contributed by atoms with Crippen molar-refractivity contribution in [3.63, 3.8) is 0 Å². The van der Waals surface area contributed by atoms with E-state index in [1.165, 1.54) is 18.7 Å². The molecular formula is C19H30N6O3. The summed E-state index contributed by atoms with van der Waals surface area (Å²) in [6.07, 6.45) is 7.36. The molecule has 28 heavy (non-hydrogen) atoms. The van der Waals surface area contributed by atoms with E-state index < -0.39 is 0 Å². The van der Waals surface area contributed by atoms with Crippen molar-refractivity contribution in [2.24, 2.45) is 0 Å². The van der Waals surface area contributed by atoms with Gasteiger partial charge in [-0.25, -0.2) is 14.8 Å². The number of rotatable bonds is 6. The Morgan fingerprint density at radius 2 is 1.89 bits per heavy atom. The minimum absolute atomic E-state index is 0.0619. The number of nitrogens with zero attached hydrogens (tertiary/aromatic N) is 5. The molecule has 1 aromatic rings. The van der Waals surface area contributed by atoms with Gasteiger partial charge in [0.25, 0.3) is 5.91 Å². The Morgan fingerprint density at radius 3 is 2.57 bits per heavy atom. The first-order valence-corrected chi connectivity index (χ1v) is 9.89. The van der Waals surface area contributed by atoms with E-state index in [2.05, 4.69) is 20.2 Å². The lowest BCUT2D eigenvalue weighted by Crippen LogP contribution is -2.50. The Kier molecular flexibility index (Phi) is 7.16. The van der Waals surface area contributed by atoms with Crippen molar-refractivity contribution in [3.05, 3.63) is 24.3 Å². The molecule has 0 spiro atoms. The Bertz CT molecular complexity index is 650. The summed E-state index contributed by atoms with van der Waals surface area (Å²) in [5, 5.41) is 2.96. The number of hydrogen-bond acceptors (Lipinski definition) is 6. The van der Waals surface area contributed by atoms with E-state index >= 15 is 0 Å². The van der Waals surface area contributed by atoms with Gasteiger partial charge in [0.15, 0.2) is 0 Å². The van der Waals surface area contributed by atoms with E-state index in [4.69, 9.17) is 4.74 Å². The zero-order chi connectivity index (χ0) is 19.9. The molecule has 1 atom stereocenters. The number of aromatic nitrogens is 2. The molecule has 9 heteroatoms. The second-order valence-corrected chi connectivity index (χ2v) is 7.53. The third-order valence-corrected chi connectivity index (χ3v) is 5.42. The predicted octanol–water partition coefficient (Wildman–Crippen LogP) is 0.443. The van der Waals surface area contributed by atoms with E-state index in [0.29, 0.717) is 24.2 Å². The van der Waals surface area contributed by atoms with Gasteiger partial charge >= 0.3 is 6.03 Å². The molecule has 0 bridgehead atoms. The second kappa shape index (κ2) is 9.79. The molecule has 2 saturated heterocycles. The summed E-state index contributed by atoms with van der Waals surface area (Å²) < 4.78 is 5.52. The largest absolute Gasteiger partial charge is 0.381 e. The third kappa shape index (κ3) is 5.17. The highest BCUT2D eigenvalue weighted by molar-refractivity contribution is 5.93. The van der Waals surface area contributed by atoms with Gasteiger partial charge in [-0.15, -0.1) is 0 Å². The Labute approximate surface area is 166 Å². The summed E-state index contributed by atoms with van der Waals surface area (Å²) in [5.74, 6) is -0.164. The van der Waals surface area contributed by atoms with Gasteiger partial charge in [-0.05, 0) is 19.3 Å². The number of carbonyl (C=O) groups is 2. The molecule has 0 aliphatic carbocycles. The van der Waals surface area contributed by atoms with Gasteiger partial charge in [0.05, 0.1) is 5.56 Å². The summed E-state index contributed by atoms with van der Waals surface area (Å²) in [6, 6.07) is 0.792. The molecule has 0 aromatic carbocycles. The summed E-state index contributed by atoms with van der Waals surface area (Å²) in [4.78, 5) is 38.3. The number of urea groups is 1. The lowest BCUT2D eigenvalue weighted by molar-refractivity contribution is 0.0188. The molecule has 0 saturated carbocycles. The minimum Gasteiger partial charge on any atom is -0.381 e. The fraction of sp³-hybridized carbons (Fsp3) is 0.684. The van der Waals surface area contributed by atoms with Crippen LogP contribution in [0.5, 0.6) is 0 Å². The van der Waals surface area contributed by atoms with Crippen molar-refractivity contribution < 1.29 is 14.3 Å². The fourth-order valence-corrected chi connectivity index (χ4v) is 3.97. The van der Waals surface area contributed by atoms with Gasteiger partial charge in [0, 0.05) is 78.0 Å². The normalized spacial score (nSPS) is 20.4. The van der Waals surface area contributed by atoms with Crippen LogP contribution in [-0.4, -0.2) is 102 Å². The van der Waals surface area contributed by atoms with Crippen LogP contribution in [0.1, 0.15) is 29.6 Å². The number of hydrogen-bond donors (Lipinski definition) is 1. The molecule has 1 N–H and O–H groups in total. The number of amides is 3. The lowest BCUT2D eigenvalue weighted by Gasteiger charge is -2.38. The molecule has 1 aromatic heterocycles. The number of nitrogens with one attached hydrogen (secondary N) is 1. The standard InChI is InChI=1S/C19H30N6O3/c1-23(2)19(27)24-7-3-17(13-24)25(16-4-9-28-10-5-16)8-6-22-18(26)15-11-20-14-21-12-15/h11-12,14,16-17H,3-10,13H2,1-2H3,(H,22,26). The zero-order valence-electron chi connectivity index (χ0n) is 16.7. The molecule has 3 amide bonds. The van der Waals surface area contributed by atoms with Gasteiger partial charge in [-0.3, -0.25) is 9.69 Å². The molecule has 3 rings (SSSR count). The molecule has 154 valence electrons. The number of carbonyl (C=O) groups excluding carboxylic acids is 2. The Morgan fingerprint density at radius 1 is 1.18 bits per heavy atom. The van der Waals surface area contributed by atoms with Crippen molar-refractivity contribution in [2.75, 3.05) is 53.5 Å². The molecule has 0 radical (unpaired) electrons. The lowest BCUT2D eigenvalue weighted by atomic mass is 10.0. The van der Waals surface area contributed by atoms with Crippen LogP contribution in [0.25, 0.3) is 0 Å². The summed E-state index contributed by atoms with van der Waals surface area (Å²) in [7, 11) is 3.57. The van der Waals surface area contributed by atoms with Crippen LogP contribution in [-0.2, 0) is 4.74 Å². The monoisotopic (exact) mass is 390 g/mol. The SMILES string of the molecule is CN(C)C(=O)N1CCC(N(CCNC(=O)c2cncnc2)C2CCOCC2)C1. The van der Waals surface area contributed by atoms with Crippen LogP contribution in [0.3, 0.4) is 0 Å². The Hall–Kier alpha value is -2.26. The summed E-state index contributed by atoms with van der Waals surface area (Å²) in [6.45, 7) is 4.33. The molecule has 2 aliphatic rings. The van der Waals surface area contributed by atoms with E-state index in [9.17, 15) is 9.59 Å². The summed E-state index contributed by atoms with van der Waals surface area (Å²) in [5.41, 5.74) is 0.462. The minimum atomic E-state index is -0.164. The maximum Gasteiger partial charge on any atom is 0.319 e. The molecule has 2 fully saturated rings. The highest BCUT2D eigenvalue weighted by Crippen LogP contribution is 2.23. The van der Waals surface area contributed by atoms with Crippen LogP contribution < -0.4 is 5.32 Å². The second-order valence-electron chi connectivity index (χ2n) is 7.53. The maximum atomic E-state index is 12.3. The molecule has 1 unspecified atom stereocenters. The van der Waals surface area contributed by atoms with Crippen molar-refractivity contribution >= 4 is 11.9 Å². The predicted molar refractivity (Wildman–Crippen MR) is 104 cm³/mol. The average Bonchev–Trinajstić information content (AvgIpc) is 3.21. The van der Waals surface area contributed by atoms with Crippen LogP contribution in [0.15, 0.2) is 18.7 Å². The Balaban J connectivity index is 1.58. The van der Waals surface area contributed by atoms with Gasteiger partial charge in [0.2, 0.25) is 0 Å². The van der Waals surface area contributed by atoms with Crippen LogP contribution in [0, 0.1) is 0 Å². The van der Waals surface area contributed by atoms with Crippen molar-refractivity contribution in [1.82, 2.24) is 30.0 Å². The maximum absolute atomic E-state index is 12.3. The van der Waals surface area contributed by atoms with E-state index in [0.717, 1.165) is 52.1 Å². The van der Waals surface area contributed by atoms with Gasteiger partial charge < -0.3 is 19.9 Å². The number of ether oxygens (including phenoxy) is 1. The third-order valence-electron chi connectivity index (χ3n) is 5.42. The number of likely N-dealkylation sites (tertiary alicyclic amines) is 1. The molecule has 9 nitrogen and oxygen atoms in total. The molecule has 2 aliphatic heterocycles. The first-order valence-electron chi connectivity index (χ1n) is 9.89. The topological polar surface area (TPSA) is 90.9 Å². The first-order chi connectivity index (χ1) is 13.6. The van der Waals surface area contributed by atoms with E-state index in [-0.39, 0.29) is 11.9 Å². The summed E-state index contributed by atoms with van der Waals surface area (Å²) >= 11 is 0. The molecule has 3 heterocycles. The van der Waals surface area contributed by atoms with Crippen molar-refractivity contribution in [1.29, 1.82) is 0 Å². The van der Waals surface area contributed by atoms with Gasteiger partial charge in [0.1, 0.15) is 6.33 Å². The smallest absolute Gasteiger partial charge is 0.319 e. The van der Waals surface area contributed by atoms with Crippen molar-refractivity contribution in [2.45, 2.75) is 31.3 Å². The van der Waals surface area contributed by atoms with Crippen LogP contribution in [0.4, 0.5) is 4.79 Å². The van der Waals surface area contributed by atoms with Crippen LogP contribution in [0.2, 0.25) is 0 Å². The highest BCUT2D eigenvalue weighted by Gasteiger charge is 2.34. The highest BCUT2D eigenvalue weighted by atomic mass is 16.5. The molecular weight excluding hydrogens is 360 g/mol. The van der Waals surface area contributed by atoms with Gasteiger partial charge in [-0.1, -0.05) is 0 Å². The average molecular weight is 390 g/mol. The van der Waals surface area contributed by atoms with Crippen LogP contribution >= 0.6 is 0 Å². The van der Waals surface area contributed by atoms with E-state index in [1.54, 1.807) is 19.0 Å². The zero-order valence-corrected chi connectivity index (χ0v) is 16.7. The van der Waals surface area contributed by atoms with Gasteiger partial charge in [-0.2, -0.15) is 0 Å². The quantitative estimate of drug-likeness (QED) is 0.758.